The van der Waals surface area contributed by atoms with Crippen molar-refractivity contribution < 1.29 is 18.7 Å². The molecule has 10 heteroatoms. The van der Waals surface area contributed by atoms with Gasteiger partial charge in [0.05, 0.1) is 21.8 Å². The molecule has 1 aliphatic rings. The number of hydrogen-bond acceptors (Lipinski definition) is 7. The molecule has 5 rings (SSSR count). The molecular formula is C20H11ClN4O5. The van der Waals surface area contributed by atoms with Gasteiger partial charge in [0.15, 0.2) is 23.2 Å². The Balaban J connectivity index is 1.57. The first-order valence-corrected chi connectivity index (χ1v) is 9.03. The number of halogens is 1. The molecular weight excluding hydrogens is 412 g/mol. The Morgan fingerprint density at radius 3 is 2.70 bits per heavy atom. The summed E-state index contributed by atoms with van der Waals surface area (Å²) in [6.45, 7) is 0. The van der Waals surface area contributed by atoms with Crippen molar-refractivity contribution in [1.82, 2.24) is 14.9 Å². The van der Waals surface area contributed by atoms with Crippen molar-refractivity contribution in [2.75, 3.05) is 5.73 Å². The SMILES string of the molecule is Nc1c2c(cc(=O)n1-c1ccc(Oc3cccc4ocnc34)c(Cl)c1)C(=O)NC2=O. The van der Waals surface area contributed by atoms with E-state index in [1.165, 1.54) is 12.5 Å². The summed E-state index contributed by atoms with van der Waals surface area (Å²) in [4.78, 5) is 40.5. The number of hydrogen-bond donors (Lipinski definition) is 2. The van der Waals surface area contributed by atoms with Crippen LogP contribution in [0, 0.1) is 0 Å². The number of pyridine rings is 1. The number of fused-ring (bicyclic) bond motifs is 2. The number of nitrogen functional groups attached to an aromatic ring is 1. The second kappa shape index (κ2) is 6.46. The predicted octanol–water partition coefficient (Wildman–Crippen LogP) is 2.89. The number of benzene rings is 2. The number of imide groups is 1. The average Bonchev–Trinajstić information content (AvgIpc) is 3.29. The van der Waals surface area contributed by atoms with Crippen molar-refractivity contribution in [1.29, 1.82) is 0 Å². The smallest absolute Gasteiger partial charge is 0.262 e. The topological polar surface area (TPSA) is 129 Å². The average molecular weight is 423 g/mol. The van der Waals surface area contributed by atoms with Gasteiger partial charge in [0.1, 0.15) is 11.6 Å². The van der Waals surface area contributed by atoms with Crippen molar-refractivity contribution in [2.45, 2.75) is 0 Å². The maximum absolute atomic E-state index is 12.6. The van der Waals surface area contributed by atoms with Gasteiger partial charge in [-0.1, -0.05) is 17.7 Å². The fourth-order valence-corrected chi connectivity index (χ4v) is 3.53. The van der Waals surface area contributed by atoms with E-state index in [2.05, 4.69) is 10.3 Å². The molecule has 0 unspecified atom stereocenters. The molecule has 3 heterocycles. The Morgan fingerprint density at radius 1 is 1.07 bits per heavy atom. The summed E-state index contributed by atoms with van der Waals surface area (Å²) in [7, 11) is 0. The molecule has 0 aliphatic carbocycles. The maximum Gasteiger partial charge on any atom is 0.262 e. The van der Waals surface area contributed by atoms with Gasteiger partial charge in [-0.2, -0.15) is 0 Å². The first-order valence-electron chi connectivity index (χ1n) is 8.65. The summed E-state index contributed by atoms with van der Waals surface area (Å²) >= 11 is 6.37. The van der Waals surface area contributed by atoms with Gasteiger partial charge in [-0.15, -0.1) is 0 Å². The number of carbonyl (C=O) groups is 2. The lowest BCUT2D eigenvalue weighted by Gasteiger charge is -2.14. The molecule has 4 aromatic rings. The number of nitrogens with two attached hydrogens (primary N) is 1. The van der Waals surface area contributed by atoms with Gasteiger partial charge in [0.25, 0.3) is 17.4 Å². The second-order valence-corrected chi connectivity index (χ2v) is 6.85. The fraction of sp³-hybridized carbons (Fsp3) is 0. The van der Waals surface area contributed by atoms with Crippen molar-refractivity contribution in [2.24, 2.45) is 0 Å². The van der Waals surface area contributed by atoms with Crippen LogP contribution in [0.5, 0.6) is 11.5 Å². The number of rotatable bonds is 3. The van der Waals surface area contributed by atoms with Crippen LogP contribution in [0.4, 0.5) is 5.82 Å². The Kier molecular flexibility index (Phi) is 3.87. The molecule has 0 saturated carbocycles. The predicted molar refractivity (Wildman–Crippen MR) is 107 cm³/mol. The Morgan fingerprint density at radius 2 is 1.90 bits per heavy atom. The van der Waals surface area contributed by atoms with Crippen LogP contribution < -0.4 is 21.3 Å². The van der Waals surface area contributed by atoms with E-state index in [-0.39, 0.29) is 22.0 Å². The zero-order chi connectivity index (χ0) is 21.0. The Labute approximate surface area is 172 Å². The number of oxazole rings is 1. The van der Waals surface area contributed by atoms with Crippen LogP contribution in [0.15, 0.2) is 58.1 Å². The van der Waals surface area contributed by atoms with Gasteiger partial charge in [-0.25, -0.2) is 4.98 Å². The second-order valence-electron chi connectivity index (χ2n) is 6.45. The van der Waals surface area contributed by atoms with Crippen LogP contribution in [-0.2, 0) is 0 Å². The van der Waals surface area contributed by atoms with E-state index in [1.54, 1.807) is 30.3 Å². The fourth-order valence-electron chi connectivity index (χ4n) is 3.32. The lowest BCUT2D eigenvalue weighted by atomic mass is 10.1. The molecule has 1 aliphatic heterocycles. The summed E-state index contributed by atoms with van der Waals surface area (Å²) in [5.41, 5.74) is 6.77. The monoisotopic (exact) mass is 422 g/mol. The minimum absolute atomic E-state index is 0.0474. The highest BCUT2D eigenvalue weighted by Gasteiger charge is 2.31. The van der Waals surface area contributed by atoms with E-state index >= 15 is 0 Å². The van der Waals surface area contributed by atoms with E-state index in [9.17, 15) is 14.4 Å². The summed E-state index contributed by atoms with van der Waals surface area (Å²) < 4.78 is 12.2. The standard InChI is InChI=1S/C20H11ClN4O5/c21-11-6-9(25-15(26)7-10-16(18(25)22)20(28)24-19(10)27)4-5-12(11)30-14-3-1-2-13-17(14)23-8-29-13/h1-8H,22H2,(H,24,27,28). The molecule has 2 aromatic heterocycles. The molecule has 2 aromatic carbocycles. The Hall–Kier alpha value is -4.11. The molecule has 0 saturated heterocycles. The molecule has 3 N–H and O–H groups in total. The molecule has 0 radical (unpaired) electrons. The van der Waals surface area contributed by atoms with Gasteiger partial charge in [-0.05, 0) is 30.3 Å². The van der Waals surface area contributed by atoms with Crippen molar-refractivity contribution >= 4 is 40.3 Å². The third-order valence-corrected chi connectivity index (χ3v) is 4.97. The number of nitrogens with one attached hydrogen (secondary N) is 1. The number of amides is 2. The largest absolute Gasteiger partial charge is 0.453 e. The highest BCUT2D eigenvalue weighted by molar-refractivity contribution is 6.32. The highest BCUT2D eigenvalue weighted by Crippen LogP contribution is 2.34. The van der Waals surface area contributed by atoms with Crippen LogP contribution in [0.1, 0.15) is 20.7 Å². The summed E-state index contributed by atoms with van der Waals surface area (Å²) in [6.07, 6.45) is 1.31. The van der Waals surface area contributed by atoms with Crippen molar-refractivity contribution in [3.05, 3.63) is 75.4 Å². The van der Waals surface area contributed by atoms with E-state index < -0.39 is 17.4 Å². The third-order valence-electron chi connectivity index (χ3n) is 4.67. The first-order chi connectivity index (χ1) is 14.4. The van der Waals surface area contributed by atoms with Crippen LogP contribution in [0.25, 0.3) is 16.8 Å². The molecule has 0 atom stereocenters. The molecule has 9 nitrogen and oxygen atoms in total. The van der Waals surface area contributed by atoms with Gasteiger partial charge < -0.3 is 14.9 Å². The van der Waals surface area contributed by atoms with Gasteiger partial charge >= 0.3 is 0 Å². The molecule has 2 amide bonds. The molecule has 148 valence electrons. The lowest BCUT2D eigenvalue weighted by molar-refractivity contribution is 0.0880. The van der Waals surface area contributed by atoms with Crippen LogP contribution in [0.3, 0.4) is 0 Å². The summed E-state index contributed by atoms with van der Waals surface area (Å²) in [6, 6.07) is 10.9. The van der Waals surface area contributed by atoms with E-state index in [0.29, 0.717) is 28.3 Å². The number of carbonyl (C=O) groups excluding carboxylic acids is 2. The number of anilines is 1. The number of para-hydroxylation sites is 1. The minimum atomic E-state index is -0.659. The summed E-state index contributed by atoms with van der Waals surface area (Å²) in [5.74, 6) is -0.711. The number of ether oxygens (including phenoxy) is 1. The van der Waals surface area contributed by atoms with Crippen LogP contribution in [0.2, 0.25) is 5.02 Å². The van der Waals surface area contributed by atoms with Gasteiger partial charge in [0.2, 0.25) is 0 Å². The minimum Gasteiger partial charge on any atom is -0.453 e. The quantitative estimate of drug-likeness (QED) is 0.485. The van der Waals surface area contributed by atoms with E-state index in [0.717, 1.165) is 10.6 Å². The van der Waals surface area contributed by atoms with Crippen molar-refractivity contribution in [3.63, 3.8) is 0 Å². The zero-order valence-electron chi connectivity index (χ0n) is 15.0. The third kappa shape index (κ3) is 2.64. The van der Waals surface area contributed by atoms with Crippen LogP contribution in [-0.4, -0.2) is 21.4 Å². The normalized spacial score (nSPS) is 12.8. The van der Waals surface area contributed by atoms with E-state index in [1.807, 2.05) is 0 Å². The molecule has 0 bridgehead atoms. The van der Waals surface area contributed by atoms with Gasteiger partial charge in [0, 0.05) is 6.07 Å². The Bertz CT molecular complexity index is 1440. The highest BCUT2D eigenvalue weighted by atomic mass is 35.5. The molecule has 0 fully saturated rings. The number of aromatic nitrogens is 2. The first kappa shape index (κ1) is 18.0. The van der Waals surface area contributed by atoms with Crippen LogP contribution >= 0.6 is 11.6 Å². The van der Waals surface area contributed by atoms with Crippen molar-refractivity contribution in [3.8, 4) is 17.2 Å². The lowest BCUT2D eigenvalue weighted by Crippen LogP contribution is -2.24. The zero-order valence-corrected chi connectivity index (χ0v) is 15.8. The molecule has 30 heavy (non-hydrogen) atoms. The number of nitrogens with zero attached hydrogens (tertiary/aromatic N) is 2. The maximum atomic E-state index is 12.6. The van der Waals surface area contributed by atoms with Gasteiger partial charge in [-0.3, -0.25) is 24.3 Å². The van der Waals surface area contributed by atoms with E-state index in [4.69, 9.17) is 26.5 Å². The summed E-state index contributed by atoms with van der Waals surface area (Å²) in [5, 5.41) is 2.31. The molecule has 0 spiro atoms.